The highest BCUT2D eigenvalue weighted by atomic mass is 19.4. The molecule has 150 valence electrons. The van der Waals surface area contributed by atoms with Crippen molar-refractivity contribution in [2.45, 2.75) is 24.9 Å². The molecular weight excluding hydrogens is 390 g/mol. The van der Waals surface area contributed by atoms with Crippen molar-refractivity contribution in [1.29, 1.82) is 0 Å². The number of carbonyl (C=O) groups excluding carboxylic acids is 1. The second-order valence-electron chi connectivity index (χ2n) is 6.29. The quantitative estimate of drug-likeness (QED) is 0.725. The normalized spacial score (nSPS) is 15.3. The molecule has 4 nitrogen and oxygen atoms in total. The number of halogens is 6. The molecule has 0 N–H and O–H groups in total. The van der Waals surface area contributed by atoms with Crippen LogP contribution in [0.15, 0.2) is 42.6 Å². The van der Waals surface area contributed by atoms with Gasteiger partial charge in [0.15, 0.2) is 0 Å². The van der Waals surface area contributed by atoms with Gasteiger partial charge >= 0.3 is 12.4 Å². The summed E-state index contributed by atoms with van der Waals surface area (Å²) >= 11 is 0. The van der Waals surface area contributed by atoms with E-state index in [0.29, 0.717) is 0 Å². The van der Waals surface area contributed by atoms with Crippen LogP contribution >= 0.6 is 0 Å². The van der Waals surface area contributed by atoms with Crippen LogP contribution in [0.4, 0.5) is 26.3 Å². The zero-order valence-electron chi connectivity index (χ0n) is 14.2. The van der Waals surface area contributed by atoms with Gasteiger partial charge < -0.3 is 9.64 Å². The fraction of sp³-hybridized carbons (Fsp3) is 0.333. The third kappa shape index (κ3) is 4.73. The average Bonchev–Trinajstić information content (AvgIpc) is 2.56. The predicted molar refractivity (Wildman–Crippen MR) is 85.4 cm³/mol. The number of amides is 1. The summed E-state index contributed by atoms with van der Waals surface area (Å²) in [6.07, 6.45) is -8.77. The van der Waals surface area contributed by atoms with Gasteiger partial charge in [-0.1, -0.05) is 18.2 Å². The highest BCUT2D eigenvalue weighted by molar-refractivity contribution is 5.79. The lowest BCUT2D eigenvalue weighted by Gasteiger charge is -2.38. The average molecular weight is 404 g/mol. The van der Waals surface area contributed by atoms with E-state index >= 15 is 0 Å². The highest BCUT2D eigenvalue weighted by Crippen LogP contribution is 2.31. The molecule has 2 heterocycles. The topological polar surface area (TPSA) is 42.4 Å². The molecule has 3 rings (SSSR count). The number of nitrogens with zero attached hydrogens (tertiary/aromatic N) is 2. The molecule has 1 aromatic heterocycles. The zero-order valence-corrected chi connectivity index (χ0v) is 14.2. The number of pyridine rings is 1. The van der Waals surface area contributed by atoms with Gasteiger partial charge in [0.2, 0.25) is 11.8 Å². The fourth-order valence-corrected chi connectivity index (χ4v) is 2.68. The van der Waals surface area contributed by atoms with E-state index in [0.717, 1.165) is 30.5 Å². The molecule has 0 radical (unpaired) electrons. The van der Waals surface area contributed by atoms with Crippen LogP contribution in [0.2, 0.25) is 0 Å². The summed E-state index contributed by atoms with van der Waals surface area (Å²) in [6.45, 7) is 0.242. The number of carbonyl (C=O) groups is 1. The summed E-state index contributed by atoms with van der Waals surface area (Å²) in [5.41, 5.74) is -1.50. The van der Waals surface area contributed by atoms with E-state index in [9.17, 15) is 31.1 Å². The predicted octanol–water partition coefficient (Wildman–Crippen LogP) is 3.95. The van der Waals surface area contributed by atoms with Crippen LogP contribution in [-0.2, 0) is 23.6 Å². The van der Waals surface area contributed by atoms with Gasteiger partial charge in [-0.15, -0.1) is 0 Å². The maximum Gasteiger partial charge on any atom is 0.416 e. The number of hydrogen-bond acceptors (Lipinski definition) is 3. The molecule has 1 aliphatic heterocycles. The van der Waals surface area contributed by atoms with E-state index in [2.05, 4.69) is 4.98 Å². The lowest BCUT2D eigenvalue weighted by Crippen LogP contribution is -2.56. The van der Waals surface area contributed by atoms with Crippen LogP contribution in [0.3, 0.4) is 0 Å². The van der Waals surface area contributed by atoms with E-state index in [4.69, 9.17) is 4.74 Å². The minimum Gasteiger partial charge on any atom is -0.471 e. The van der Waals surface area contributed by atoms with Gasteiger partial charge in [0.05, 0.1) is 30.6 Å². The summed E-state index contributed by atoms with van der Waals surface area (Å²) in [4.78, 5) is 17.2. The molecule has 1 aromatic carbocycles. The molecule has 0 atom stereocenters. The number of rotatable bonds is 4. The Balaban J connectivity index is 1.54. The summed E-state index contributed by atoms with van der Waals surface area (Å²) in [5.74, 6) is -0.596. The van der Waals surface area contributed by atoms with Gasteiger partial charge in [-0.25, -0.2) is 4.98 Å². The molecule has 0 bridgehead atoms. The Bertz CT molecular complexity index is 860. The van der Waals surface area contributed by atoms with Crippen molar-refractivity contribution in [3.05, 3.63) is 59.3 Å². The second-order valence-corrected chi connectivity index (χ2v) is 6.29. The Labute approximate surface area is 155 Å². The zero-order chi connectivity index (χ0) is 20.5. The van der Waals surface area contributed by atoms with Crippen LogP contribution in [0.5, 0.6) is 5.88 Å². The maximum absolute atomic E-state index is 12.7. The first-order chi connectivity index (χ1) is 13.0. The van der Waals surface area contributed by atoms with Gasteiger partial charge in [0.25, 0.3) is 0 Å². The van der Waals surface area contributed by atoms with Gasteiger partial charge in [-0.2, -0.15) is 26.3 Å². The van der Waals surface area contributed by atoms with Gasteiger partial charge in [-0.05, 0) is 17.7 Å². The molecule has 1 saturated heterocycles. The number of aromatic nitrogens is 1. The van der Waals surface area contributed by atoms with Crippen molar-refractivity contribution in [3.63, 3.8) is 0 Å². The number of ether oxygens (including phenoxy) is 1. The molecule has 10 heteroatoms. The molecule has 0 saturated carbocycles. The van der Waals surface area contributed by atoms with Crippen LogP contribution in [-0.4, -0.2) is 35.0 Å². The molecule has 0 aliphatic carbocycles. The van der Waals surface area contributed by atoms with Crippen LogP contribution < -0.4 is 4.74 Å². The van der Waals surface area contributed by atoms with E-state index < -0.39 is 35.5 Å². The Morgan fingerprint density at radius 3 is 2.32 bits per heavy atom. The molecular formula is C18H14F6N2O2. The van der Waals surface area contributed by atoms with Crippen LogP contribution in [0.25, 0.3) is 0 Å². The van der Waals surface area contributed by atoms with Crippen molar-refractivity contribution >= 4 is 5.91 Å². The first-order valence-corrected chi connectivity index (χ1v) is 8.16. The lowest BCUT2D eigenvalue weighted by atomic mass is 10.1. The third-order valence-electron chi connectivity index (χ3n) is 4.16. The van der Waals surface area contributed by atoms with Crippen molar-refractivity contribution in [3.8, 4) is 5.88 Å². The smallest absolute Gasteiger partial charge is 0.416 e. The molecule has 1 aliphatic rings. The Morgan fingerprint density at radius 2 is 1.68 bits per heavy atom. The van der Waals surface area contributed by atoms with E-state index in [1.165, 1.54) is 17.0 Å². The van der Waals surface area contributed by atoms with Gasteiger partial charge in [-0.3, -0.25) is 4.79 Å². The number of benzene rings is 1. The summed E-state index contributed by atoms with van der Waals surface area (Å²) in [5, 5.41) is 0. The Kier molecular flexibility index (Phi) is 5.22. The summed E-state index contributed by atoms with van der Waals surface area (Å²) < 4.78 is 81.5. The number of hydrogen-bond donors (Lipinski definition) is 0. The number of alkyl halides is 6. The summed E-state index contributed by atoms with van der Waals surface area (Å²) in [7, 11) is 0. The lowest BCUT2D eigenvalue weighted by molar-refractivity contribution is -0.140. The van der Waals surface area contributed by atoms with Crippen molar-refractivity contribution in [2.75, 3.05) is 13.1 Å². The van der Waals surface area contributed by atoms with Gasteiger partial charge in [0.1, 0.15) is 6.10 Å². The molecule has 28 heavy (non-hydrogen) atoms. The largest absolute Gasteiger partial charge is 0.471 e. The van der Waals surface area contributed by atoms with Crippen molar-refractivity contribution in [2.24, 2.45) is 0 Å². The third-order valence-corrected chi connectivity index (χ3v) is 4.16. The van der Waals surface area contributed by atoms with E-state index in [1.54, 1.807) is 0 Å². The fourth-order valence-electron chi connectivity index (χ4n) is 2.68. The summed E-state index contributed by atoms with van der Waals surface area (Å²) in [6, 6.07) is 6.08. The van der Waals surface area contributed by atoms with Crippen LogP contribution in [0, 0.1) is 0 Å². The molecule has 0 spiro atoms. The SMILES string of the molecule is O=C(Cc1cccc(C(F)(F)F)c1)N1CC(Oc2cc(C(F)(F)F)ccn2)C1. The number of likely N-dealkylation sites (tertiary alicyclic amines) is 1. The first-order valence-electron chi connectivity index (χ1n) is 8.16. The molecule has 1 fully saturated rings. The monoisotopic (exact) mass is 404 g/mol. The molecule has 0 unspecified atom stereocenters. The first kappa shape index (κ1) is 20.0. The highest BCUT2D eigenvalue weighted by Gasteiger charge is 2.35. The Hall–Kier alpha value is -2.78. The van der Waals surface area contributed by atoms with E-state index in [-0.39, 0.29) is 31.0 Å². The standard InChI is InChI=1S/C18H14F6N2O2/c19-17(20,21)12-3-1-2-11(6-12)7-16(27)26-9-14(10-26)28-15-8-13(4-5-25-15)18(22,23)24/h1-6,8,14H,7,9-10H2. The van der Waals surface area contributed by atoms with Crippen LogP contribution in [0.1, 0.15) is 16.7 Å². The minimum atomic E-state index is -4.52. The molecule has 2 aromatic rings. The molecule has 1 amide bonds. The Morgan fingerprint density at radius 1 is 1.04 bits per heavy atom. The second kappa shape index (κ2) is 7.33. The van der Waals surface area contributed by atoms with E-state index in [1.807, 2.05) is 0 Å². The van der Waals surface area contributed by atoms with Crippen molar-refractivity contribution < 1.29 is 35.9 Å². The van der Waals surface area contributed by atoms with Gasteiger partial charge in [0, 0.05) is 12.3 Å². The minimum absolute atomic E-state index is 0.121. The van der Waals surface area contributed by atoms with Crippen molar-refractivity contribution in [1.82, 2.24) is 9.88 Å². The maximum atomic E-state index is 12.7.